The number of nitrogens with one attached hydrogen (secondary N) is 1. The van der Waals surface area contributed by atoms with Crippen molar-refractivity contribution in [1.82, 2.24) is 14.2 Å². The first-order chi connectivity index (χ1) is 18.4. The SMILES string of the molecule is NC(=O)N1Cc2ccc(-c3ccc(S(=O)(=O)N4CC[C@@H](Nc5ccc(C(F)(F)F)cn5)[C@@H](O)C4)cc3)cc2C1. The van der Waals surface area contributed by atoms with Crippen LogP contribution in [0.15, 0.2) is 65.7 Å². The van der Waals surface area contributed by atoms with Crippen molar-refractivity contribution in [3.8, 4) is 11.1 Å². The Bertz CT molecular complexity index is 1480. The van der Waals surface area contributed by atoms with Gasteiger partial charge in [0.25, 0.3) is 0 Å². The molecular weight excluding hydrogens is 535 g/mol. The van der Waals surface area contributed by atoms with Crippen LogP contribution in [-0.2, 0) is 29.3 Å². The van der Waals surface area contributed by atoms with Crippen molar-refractivity contribution in [2.45, 2.75) is 42.7 Å². The molecule has 9 nitrogen and oxygen atoms in total. The van der Waals surface area contributed by atoms with Crippen molar-refractivity contribution in [3.63, 3.8) is 0 Å². The fourth-order valence-electron chi connectivity index (χ4n) is 4.82. The summed E-state index contributed by atoms with van der Waals surface area (Å²) < 4.78 is 66.0. The number of nitrogens with zero attached hydrogens (tertiary/aromatic N) is 3. The van der Waals surface area contributed by atoms with Gasteiger partial charge in [-0.25, -0.2) is 18.2 Å². The molecule has 13 heteroatoms. The van der Waals surface area contributed by atoms with Crippen molar-refractivity contribution in [1.29, 1.82) is 0 Å². The molecule has 0 saturated carbocycles. The van der Waals surface area contributed by atoms with Crippen LogP contribution in [0.4, 0.5) is 23.8 Å². The zero-order valence-electron chi connectivity index (χ0n) is 20.6. The molecule has 3 heterocycles. The minimum atomic E-state index is -4.50. The van der Waals surface area contributed by atoms with Gasteiger partial charge in [-0.1, -0.05) is 24.3 Å². The quantitative estimate of drug-likeness (QED) is 0.438. The summed E-state index contributed by atoms with van der Waals surface area (Å²) in [5.74, 6) is 0.160. The molecule has 2 aliphatic rings. The Morgan fingerprint density at radius 3 is 2.33 bits per heavy atom. The Kier molecular flexibility index (Phi) is 6.99. The predicted molar refractivity (Wildman–Crippen MR) is 137 cm³/mol. The van der Waals surface area contributed by atoms with Gasteiger partial charge in [-0.05, 0) is 59.0 Å². The van der Waals surface area contributed by atoms with E-state index in [2.05, 4.69) is 10.3 Å². The van der Waals surface area contributed by atoms with E-state index in [1.807, 2.05) is 18.2 Å². The number of amides is 2. The predicted octanol–water partition coefficient (Wildman–Crippen LogP) is 3.40. The maximum Gasteiger partial charge on any atom is 0.417 e. The summed E-state index contributed by atoms with van der Waals surface area (Å²) in [6.45, 7) is 0.818. The first kappa shape index (κ1) is 26.9. The van der Waals surface area contributed by atoms with E-state index in [0.717, 1.165) is 28.3 Å². The van der Waals surface area contributed by atoms with Gasteiger partial charge in [0.15, 0.2) is 0 Å². The van der Waals surface area contributed by atoms with Gasteiger partial charge in [0.1, 0.15) is 5.82 Å². The molecule has 0 spiro atoms. The number of sulfonamides is 1. The maximum absolute atomic E-state index is 13.3. The third kappa shape index (κ3) is 5.56. The van der Waals surface area contributed by atoms with E-state index in [1.54, 1.807) is 12.1 Å². The Labute approximate surface area is 223 Å². The van der Waals surface area contributed by atoms with Crippen LogP contribution >= 0.6 is 0 Å². The van der Waals surface area contributed by atoms with E-state index >= 15 is 0 Å². The van der Waals surface area contributed by atoms with Crippen LogP contribution in [0.3, 0.4) is 0 Å². The van der Waals surface area contributed by atoms with E-state index in [4.69, 9.17) is 5.73 Å². The van der Waals surface area contributed by atoms with Crippen molar-refractivity contribution in [2.24, 2.45) is 5.73 Å². The number of hydrogen-bond acceptors (Lipinski definition) is 6. The minimum absolute atomic E-state index is 0.0790. The van der Waals surface area contributed by atoms with Crippen molar-refractivity contribution < 1.29 is 31.5 Å². The number of carbonyl (C=O) groups excluding carboxylic acids is 1. The number of piperidine rings is 1. The zero-order valence-corrected chi connectivity index (χ0v) is 21.4. The van der Waals surface area contributed by atoms with Crippen LogP contribution in [0.25, 0.3) is 11.1 Å². The topological polar surface area (TPSA) is 129 Å². The van der Waals surface area contributed by atoms with Gasteiger partial charge in [0.2, 0.25) is 10.0 Å². The molecule has 3 aromatic rings. The van der Waals surface area contributed by atoms with Crippen LogP contribution in [0, 0.1) is 0 Å². The van der Waals surface area contributed by atoms with E-state index in [0.29, 0.717) is 19.3 Å². The summed E-state index contributed by atoms with van der Waals surface area (Å²) in [7, 11) is -3.89. The number of aliphatic hydroxyl groups excluding tert-OH is 1. The number of benzene rings is 2. The van der Waals surface area contributed by atoms with Gasteiger partial charge in [-0.3, -0.25) is 0 Å². The summed E-state index contributed by atoms with van der Waals surface area (Å²) in [5.41, 5.74) is 8.19. The number of rotatable bonds is 5. The molecule has 2 amide bonds. The smallest absolute Gasteiger partial charge is 0.390 e. The van der Waals surface area contributed by atoms with E-state index in [9.17, 15) is 31.5 Å². The highest BCUT2D eigenvalue weighted by Gasteiger charge is 2.35. The Morgan fingerprint density at radius 1 is 1.03 bits per heavy atom. The molecule has 0 unspecified atom stereocenters. The highest BCUT2D eigenvalue weighted by Crippen LogP contribution is 2.31. The Hall–Kier alpha value is -3.68. The lowest BCUT2D eigenvalue weighted by Crippen LogP contribution is -2.51. The normalized spacial score (nSPS) is 20.1. The van der Waals surface area contributed by atoms with E-state index in [1.165, 1.54) is 27.4 Å². The van der Waals surface area contributed by atoms with Crippen LogP contribution in [0.2, 0.25) is 0 Å². The van der Waals surface area contributed by atoms with Crippen molar-refractivity contribution in [2.75, 3.05) is 18.4 Å². The van der Waals surface area contributed by atoms with Gasteiger partial charge >= 0.3 is 12.2 Å². The minimum Gasteiger partial charge on any atom is -0.390 e. The monoisotopic (exact) mass is 561 g/mol. The molecule has 0 bridgehead atoms. The van der Waals surface area contributed by atoms with Gasteiger partial charge in [0, 0.05) is 32.4 Å². The van der Waals surface area contributed by atoms with Crippen LogP contribution in [0.5, 0.6) is 0 Å². The lowest BCUT2D eigenvalue weighted by molar-refractivity contribution is -0.137. The number of primary amides is 1. The number of carbonyl (C=O) groups is 1. The number of alkyl halides is 3. The standard InChI is InChI=1S/C26H26F3N5O4S/c27-26(28,29)20-5-8-24(31-12-20)32-22-9-10-34(15-23(22)35)39(37,38)21-6-3-16(4-7-21)17-1-2-18-13-33(25(30)36)14-19(18)11-17/h1-8,11-12,22-23,35H,9-10,13-15H2,(H2,30,36)(H,31,32)/t22-,23+/m1/s1. The molecular formula is C26H26F3N5O4S. The molecule has 2 aliphatic heterocycles. The fraction of sp³-hybridized carbons (Fsp3) is 0.308. The summed E-state index contributed by atoms with van der Waals surface area (Å²) >= 11 is 0. The molecule has 5 rings (SSSR count). The summed E-state index contributed by atoms with van der Waals surface area (Å²) in [6, 6.07) is 13.2. The number of urea groups is 1. The number of β-amino-alcohol motifs (C(OH)–C–C–N with tert-alkyl or cyclic N) is 1. The maximum atomic E-state index is 13.3. The molecule has 4 N–H and O–H groups in total. The molecule has 206 valence electrons. The van der Waals surface area contributed by atoms with Crippen LogP contribution in [-0.4, -0.2) is 59.0 Å². The summed E-state index contributed by atoms with van der Waals surface area (Å²) in [5, 5.41) is 13.5. The van der Waals surface area contributed by atoms with Crippen LogP contribution in [0.1, 0.15) is 23.1 Å². The molecule has 1 fully saturated rings. The number of anilines is 1. The van der Waals surface area contributed by atoms with Gasteiger partial charge < -0.3 is 21.1 Å². The fourth-order valence-corrected chi connectivity index (χ4v) is 6.30. The largest absolute Gasteiger partial charge is 0.417 e. The number of nitrogens with two attached hydrogens (primary N) is 1. The van der Waals surface area contributed by atoms with Gasteiger partial charge in [-0.15, -0.1) is 0 Å². The first-order valence-electron chi connectivity index (χ1n) is 12.2. The highest BCUT2D eigenvalue weighted by molar-refractivity contribution is 7.89. The molecule has 1 aromatic heterocycles. The number of halogens is 3. The van der Waals surface area contributed by atoms with Crippen LogP contribution < -0.4 is 11.1 Å². The highest BCUT2D eigenvalue weighted by atomic mass is 32.2. The average Bonchev–Trinajstić information content (AvgIpc) is 3.34. The molecule has 2 atom stereocenters. The first-order valence-corrected chi connectivity index (χ1v) is 13.6. The Morgan fingerprint density at radius 2 is 1.72 bits per heavy atom. The summed E-state index contributed by atoms with van der Waals surface area (Å²) in [6.07, 6.45) is -4.66. The van der Waals surface area contributed by atoms with Crippen molar-refractivity contribution in [3.05, 3.63) is 77.5 Å². The van der Waals surface area contributed by atoms with Gasteiger partial charge in [0.05, 0.1) is 22.6 Å². The second-order valence-electron chi connectivity index (χ2n) is 9.60. The number of aliphatic hydroxyl groups is 1. The number of fused-ring (bicyclic) bond motifs is 1. The molecule has 2 aromatic carbocycles. The molecule has 1 saturated heterocycles. The Balaban J connectivity index is 1.23. The van der Waals surface area contributed by atoms with E-state index in [-0.39, 0.29) is 30.2 Å². The second kappa shape index (κ2) is 10.1. The second-order valence-corrected chi connectivity index (χ2v) is 11.5. The van der Waals surface area contributed by atoms with E-state index < -0.39 is 39.9 Å². The molecule has 0 radical (unpaired) electrons. The van der Waals surface area contributed by atoms with Crippen molar-refractivity contribution >= 4 is 21.9 Å². The van der Waals surface area contributed by atoms with Gasteiger partial charge in [-0.2, -0.15) is 17.5 Å². The third-order valence-electron chi connectivity index (χ3n) is 7.03. The third-order valence-corrected chi connectivity index (χ3v) is 8.91. The number of hydrogen-bond donors (Lipinski definition) is 3. The lowest BCUT2D eigenvalue weighted by atomic mass is 10.0. The lowest BCUT2D eigenvalue weighted by Gasteiger charge is -2.35. The number of aromatic nitrogens is 1. The molecule has 0 aliphatic carbocycles. The number of pyridine rings is 1. The summed E-state index contributed by atoms with van der Waals surface area (Å²) in [4.78, 5) is 16.9. The molecule has 39 heavy (non-hydrogen) atoms. The average molecular weight is 562 g/mol. The zero-order chi connectivity index (χ0) is 27.9.